The van der Waals surface area contributed by atoms with Crippen LogP contribution in [0.4, 0.5) is 11.5 Å². The van der Waals surface area contributed by atoms with E-state index in [0.29, 0.717) is 28.7 Å². The highest BCUT2D eigenvalue weighted by Gasteiger charge is 2.12. The van der Waals surface area contributed by atoms with Crippen LogP contribution in [-0.4, -0.2) is 40.9 Å². The van der Waals surface area contributed by atoms with Gasteiger partial charge in [-0.15, -0.1) is 0 Å². The van der Waals surface area contributed by atoms with Crippen LogP contribution < -0.4 is 19.5 Å². The monoisotopic (exact) mass is 423 g/mol. The van der Waals surface area contributed by atoms with Crippen LogP contribution in [0.15, 0.2) is 49.1 Å². The second-order valence-corrected chi connectivity index (χ2v) is 6.41. The van der Waals surface area contributed by atoms with Crippen LogP contribution in [-0.2, 0) is 0 Å². The lowest BCUT2D eigenvalue weighted by Crippen LogP contribution is -2.00. The number of rotatable bonds is 6. The molecule has 0 fully saturated rings. The summed E-state index contributed by atoms with van der Waals surface area (Å²) in [6.45, 7) is 5.97. The van der Waals surface area contributed by atoms with Crippen molar-refractivity contribution >= 4 is 17.2 Å². The number of hydrogen-bond donors (Lipinski definition) is 1. The van der Waals surface area contributed by atoms with Crippen LogP contribution in [0.25, 0.3) is 16.8 Å². The molecule has 0 amide bonds. The normalized spacial score (nSPS) is 10.3. The SMILES string of the molecule is CC.COc1cncc(-c2cnn3ccc(Nc4cc(C)c(OC)c(OC)c4)nc23)c1.[HH]. The Kier molecular flexibility index (Phi) is 6.92. The van der Waals surface area contributed by atoms with E-state index in [9.17, 15) is 0 Å². The third-order valence-corrected chi connectivity index (χ3v) is 4.57. The smallest absolute Gasteiger partial charge is 0.165 e. The van der Waals surface area contributed by atoms with Crippen molar-refractivity contribution in [3.05, 3.63) is 54.6 Å². The number of anilines is 2. The fourth-order valence-corrected chi connectivity index (χ4v) is 3.19. The molecule has 4 rings (SSSR count). The number of hydrogen-bond acceptors (Lipinski definition) is 7. The highest BCUT2D eigenvalue weighted by atomic mass is 16.5. The van der Waals surface area contributed by atoms with Gasteiger partial charge in [0.05, 0.1) is 33.7 Å². The van der Waals surface area contributed by atoms with Gasteiger partial charge in [-0.3, -0.25) is 4.98 Å². The maximum Gasteiger partial charge on any atom is 0.165 e. The van der Waals surface area contributed by atoms with E-state index in [2.05, 4.69) is 15.4 Å². The third-order valence-electron chi connectivity index (χ3n) is 4.57. The lowest BCUT2D eigenvalue weighted by molar-refractivity contribution is 0.353. The molecule has 0 bridgehead atoms. The zero-order valence-electron chi connectivity index (χ0n) is 18.6. The van der Waals surface area contributed by atoms with Crippen molar-refractivity contribution in [2.45, 2.75) is 20.8 Å². The largest absolute Gasteiger partial charge is 0.495 e. The van der Waals surface area contributed by atoms with E-state index in [4.69, 9.17) is 19.2 Å². The number of nitrogens with zero attached hydrogens (tertiary/aromatic N) is 4. The topological polar surface area (TPSA) is 82.8 Å². The van der Waals surface area contributed by atoms with Gasteiger partial charge in [0, 0.05) is 36.7 Å². The number of benzene rings is 1. The van der Waals surface area contributed by atoms with Crippen LogP contribution >= 0.6 is 0 Å². The molecule has 0 unspecified atom stereocenters. The van der Waals surface area contributed by atoms with Gasteiger partial charge < -0.3 is 19.5 Å². The van der Waals surface area contributed by atoms with Gasteiger partial charge in [0.25, 0.3) is 0 Å². The van der Waals surface area contributed by atoms with Crippen LogP contribution in [0.3, 0.4) is 0 Å². The summed E-state index contributed by atoms with van der Waals surface area (Å²) in [6.07, 6.45) is 7.05. The van der Waals surface area contributed by atoms with E-state index < -0.39 is 0 Å². The molecule has 1 aromatic carbocycles. The van der Waals surface area contributed by atoms with Gasteiger partial charge >= 0.3 is 0 Å². The number of aryl methyl sites for hydroxylation is 1. The van der Waals surface area contributed by atoms with Crippen molar-refractivity contribution in [3.63, 3.8) is 0 Å². The Balaban J connectivity index is 0.00000118. The first-order valence-electron chi connectivity index (χ1n) is 9.96. The molecule has 0 spiro atoms. The van der Waals surface area contributed by atoms with E-state index in [1.54, 1.807) is 44.4 Å². The molecule has 0 radical (unpaired) electrons. The van der Waals surface area contributed by atoms with Crippen molar-refractivity contribution in [1.82, 2.24) is 19.6 Å². The van der Waals surface area contributed by atoms with Crippen LogP contribution in [0.5, 0.6) is 17.2 Å². The molecule has 3 aromatic heterocycles. The Morgan fingerprint density at radius 3 is 2.48 bits per heavy atom. The summed E-state index contributed by atoms with van der Waals surface area (Å²) in [5.41, 5.74) is 4.26. The molecule has 1 N–H and O–H groups in total. The predicted octanol–water partition coefficient (Wildman–Crippen LogP) is 5.14. The summed E-state index contributed by atoms with van der Waals surface area (Å²) in [5.74, 6) is 2.73. The molecule has 164 valence electrons. The molecule has 0 aliphatic heterocycles. The zero-order valence-corrected chi connectivity index (χ0v) is 18.6. The van der Waals surface area contributed by atoms with Crippen molar-refractivity contribution < 1.29 is 15.6 Å². The maximum atomic E-state index is 5.43. The summed E-state index contributed by atoms with van der Waals surface area (Å²) in [6, 6.07) is 7.63. The summed E-state index contributed by atoms with van der Waals surface area (Å²) in [4.78, 5) is 8.96. The van der Waals surface area contributed by atoms with Gasteiger partial charge in [0.15, 0.2) is 17.1 Å². The molecular formula is C23H29N5O3. The quantitative estimate of drug-likeness (QED) is 0.460. The number of methoxy groups -OCH3 is 3. The van der Waals surface area contributed by atoms with Gasteiger partial charge in [-0.05, 0) is 30.7 Å². The van der Waals surface area contributed by atoms with Gasteiger partial charge in [0.2, 0.25) is 0 Å². The summed E-state index contributed by atoms with van der Waals surface area (Å²) < 4.78 is 17.8. The van der Waals surface area contributed by atoms with Crippen molar-refractivity contribution in [2.75, 3.05) is 26.6 Å². The Hall–Kier alpha value is -3.81. The highest BCUT2D eigenvalue weighted by molar-refractivity contribution is 5.78. The first-order chi connectivity index (χ1) is 15.1. The van der Waals surface area contributed by atoms with E-state index >= 15 is 0 Å². The minimum atomic E-state index is 0. The number of nitrogens with one attached hydrogen (secondary N) is 1. The van der Waals surface area contributed by atoms with Crippen molar-refractivity contribution in [1.29, 1.82) is 0 Å². The Morgan fingerprint density at radius 1 is 0.968 bits per heavy atom. The van der Waals surface area contributed by atoms with Gasteiger partial charge in [-0.1, -0.05) is 13.8 Å². The van der Waals surface area contributed by atoms with Crippen molar-refractivity contribution in [2.24, 2.45) is 0 Å². The summed E-state index contributed by atoms with van der Waals surface area (Å²) >= 11 is 0. The lowest BCUT2D eigenvalue weighted by Gasteiger charge is -2.14. The lowest BCUT2D eigenvalue weighted by atomic mass is 10.1. The average Bonchev–Trinajstić information content (AvgIpc) is 3.23. The molecule has 0 saturated carbocycles. The minimum Gasteiger partial charge on any atom is -0.495 e. The third kappa shape index (κ3) is 4.53. The number of ether oxygens (including phenoxy) is 3. The molecule has 0 aliphatic rings. The minimum absolute atomic E-state index is 0. The number of aromatic nitrogens is 4. The zero-order chi connectivity index (χ0) is 22.4. The molecule has 8 nitrogen and oxygen atoms in total. The second kappa shape index (κ2) is 9.80. The molecule has 31 heavy (non-hydrogen) atoms. The fourth-order valence-electron chi connectivity index (χ4n) is 3.19. The van der Waals surface area contributed by atoms with Crippen LogP contribution in [0.1, 0.15) is 20.8 Å². The Bertz CT molecular complexity index is 1180. The average molecular weight is 424 g/mol. The second-order valence-electron chi connectivity index (χ2n) is 6.41. The molecule has 4 aromatic rings. The molecule has 0 aliphatic carbocycles. The Labute approximate surface area is 183 Å². The van der Waals surface area contributed by atoms with Crippen LogP contribution in [0, 0.1) is 6.92 Å². The van der Waals surface area contributed by atoms with E-state index in [1.807, 2.05) is 51.2 Å². The number of fused-ring (bicyclic) bond motifs is 1. The standard InChI is InChI=1S/C21H21N5O3.C2H6.H2/c1-13-7-15(9-18(28-3)20(13)29-4)24-19-5-6-26-21(25-19)17(12-23-26)14-8-16(27-2)11-22-10-14;1-2;/h5-12H,1-4H3,(H,24,25);1-2H3;1H. The molecule has 0 saturated heterocycles. The van der Waals surface area contributed by atoms with E-state index in [1.165, 1.54) is 0 Å². The first kappa shape index (κ1) is 21.9. The number of pyridine rings is 1. The predicted molar refractivity (Wildman–Crippen MR) is 124 cm³/mol. The van der Waals surface area contributed by atoms with E-state index in [0.717, 1.165) is 22.4 Å². The molecule has 3 heterocycles. The summed E-state index contributed by atoms with van der Waals surface area (Å²) in [7, 11) is 4.86. The van der Waals surface area contributed by atoms with Gasteiger partial charge in [0.1, 0.15) is 11.6 Å². The maximum absolute atomic E-state index is 5.43. The Morgan fingerprint density at radius 2 is 1.77 bits per heavy atom. The van der Waals surface area contributed by atoms with Crippen LogP contribution in [0.2, 0.25) is 0 Å². The summed E-state index contributed by atoms with van der Waals surface area (Å²) in [5, 5.41) is 7.71. The molecular weight excluding hydrogens is 394 g/mol. The molecule has 8 heteroatoms. The van der Waals surface area contributed by atoms with Crippen molar-refractivity contribution in [3.8, 4) is 28.4 Å². The molecule has 0 atom stereocenters. The fraction of sp³-hybridized carbons (Fsp3) is 0.261. The first-order valence-corrected chi connectivity index (χ1v) is 9.96. The van der Waals surface area contributed by atoms with E-state index in [-0.39, 0.29) is 1.43 Å². The van der Waals surface area contributed by atoms with Gasteiger partial charge in [-0.2, -0.15) is 5.10 Å². The van der Waals surface area contributed by atoms with Gasteiger partial charge in [-0.25, -0.2) is 9.50 Å². The highest BCUT2D eigenvalue weighted by Crippen LogP contribution is 2.35.